The molecular formula is C26H31N3O5. The first-order valence-corrected chi connectivity index (χ1v) is 11.6. The number of rotatable bonds is 8. The molecule has 2 amide bonds. The van der Waals surface area contributed by atoms with Gasteiger partial charge in [-0.25, -0.2) is 4.79 Å². The highest BCUT2D eigenvalue weighted by Gasteiger charge is 2.36. The summed E-state index contributed by atoms with van der Waals surface area (Å²) in [6.45, 7) is 0.417. The van der Waals surface area contributed by atoms with Crippen molar-refractivity contribution in [3.63, 3.8) is 0 Å². The molecule has 1 fully saturated rings. The summed E-state index contributed by atoms with van der Waals surface area (Å²) in [7, 11) is 3.60. The zero-order valence-corrected chi connectivity index (χ0v) is 19.5. The molecule has 0 bridgehead atoms. The summed E-state index contributed by atoms with van der Waals surface area (Å²) in [6, 6.07) is 14.9. The molecule has 4 rings (SSSR count). The average Bonchev–Trinajstić information content (AvgIpc) is 3.39. The molecule has 3 N–H and O–H groups in total. The number of aliphatic carboxylic acids is 1. The van der Waals surface area contributed by atoms with E-state index in [1.165, 1.54) is 0 Å². The lowest BCUT2D eigenvalue weighted by molar-refractivity contribution is -0.142. The summed E-state index contributed by atoms with van der Waals surface area (Å²) in [5.74, 6) is -1.98. The van der Waals surface area contributed by atoms with E-state index >= 15 is 0 Å². The Kier molecular flexibility index (Phi) is 7.17. The molecule has 3 unspecified atom stereocenters. The third-order valence-electron chi connectivity index (χ3n) is 6.66. The number of nitrogens with zero attached hydrogens (tertiary/aromatic N) is 1. The molecule has 2 aromatic rings. The van der Waals surface area contributed by atoms with Gasteiger partial charge in [0.2, 0.25) is 5.91 Å². The molecule has 0 heterocycles. The minimum absolute atomic E-state index is 0.0749. The maximum absolute atomic E-state index is 12.9. The number of benzene rings is 2. The number of fused-ring (bicyclic) bond motifs is 3. The Morgan fingerprint density at radius 1 is 1.03 bits per heavy atom. The lowest BCUT2D eigenvalue weighted by Crippen LogP contribution is -2.54. The number of carbonyl (C=O) groups excluding carboxylic acids is 2. The molecule has 34 heavy (non-hydrogen) atoms. The van der Waals surface area contributed by atoms with Gasteiger partial charge in [-0.15, -0.1) is 0 Å². The van der Waals surface area contributed by atoms with E-state index in [1.54, 1.807) is 19.0 Å². The Morgan fingerprint density at radius 3 is 2.24 bits per heavy atom. The van der Waals surface area contributed by atoms with Crippen LogP contribution in [0.5, 0.6) is 0 Å². The zero-order valence-electron chi connectivity index (χ0n) is 19.5. The van der Waals surface area contributed by atoms with Crippen LogP contribution in [0.25, 0.3) is 11.1 Å². The summed E-state index contributed by atoms with van der Waals surface area (Å²) in [4.78, 5) is 38.9. The summed E-state index contributed by atoms with van der Waals surface area (Å²) >= 11 is 0. The second-order valence-corrected chi connectivity index (χ2v) is 9.28. The van der Waals surface area contributed by atoms with Crippen molar-refractivity contribution in [1.82, 2.24) is 15.5 Å². The fourth-order valence-corrected chi connectivity index (χ4v) is 5.05. The third kappa shape index (κ3) is 5.07. The molecule has 0 aromatic heterocycles. The number of likely N-dealkylation sites (N-methyl/N-ethyl adjacent to an activating group) is 1. The Labute approximate surface area is 199 Å². The van der Waals surface area contributed by atoms with Crippen LogP contribution in [0.2, 0.25) is 0 Å². The van der Waals surface area contributed by atoms with Crippen molar-refractivity contribution in [2.45, 2.75) is 37.3 Å². The molecule has 2 aromatic carbocycles. The second-order valence-electron chi connectivity index (χ2n) is 9.28. The minimum atomic E-state index is -0.906. The van der Waals surface area contributed by atoms with Gasteiger partial charge >= 0.3 is 12.1 Å². The Balaban J connectivity index is 1.40. The van der Waals surface area contributed by atoms with Crippen LogP contribution in [0, 0.1) is 5.92 Å². The largest absolute Gasteiger partial charge is 0.481 e. The molecule has 0 aliphatic heterocycles. The molecule has 2 aliphatic carbocycles. The summed E-state index contributed by atoms with van der Waals surface area (Å²) < 4.78 is 5.59. The highest BCUT2D eigenvalue weighted by molar-refractivity contribution is 5.87. The SMILES string of the molecule is CN(C)CC(NC(=O)OCC1c2ccccc2-c2ccccc21)C(=O)NC1CCCC1C(=O)O. The number of alkyl carbamates (subject to hydrolysis) is 1. The molecule has 0 radical (unpaired) electrons. The van der Waals surface area contributed by atoms with Crippen LogP contribution in [0.15, 0.2) is 48.5 Å². The standard InChI is InChI=1S/C26H31N3O5/c1-29(2)14-23(24(30)27-22-13-7-12-20(22)25(31)32)28-26(33)34-15-21-18-10-5-3-8-16(18)17-9-4-6-11-19(17)21/h3-6,8-11,20-23H,7,12-15H2,1-2H3,(H,27,30)(H,28,33)(H,31,32). The van der Waals surface area contributed by atoms with E-state index in [2.05, 4.69) is 22.8 Å². The van der Waals surface area contributed by atoms with Gasteiger partial charge in [-0.1, -0.05) is 55.0 Å². The third-order valence-corrected chi connectivity index (χ3v) is 6.66. The fraction of sp³-hybridized carbons (Fsp3) is 0.423. The van der Waals surface area contributed by atoms with Crippen LogP contribution in [0.1, 0.15) is 36.3 Å². The normalized spacial score (nSPS) is 19.9. The molecule has 8 nitrogen and oxygen atoms in total. The van der Waals surface area contributed by atoms with Crippen LogP contribution < -0.4 is 10.6 Å². The molecule has 3 atom stereocenters. The van der Waals surface area contributed by atoms with Gasteiger partial charge in [0.25, 0.3) is 0 Å². The summed E-state index contributed by atoms with van der Waals surface area (Å²) in [5.41, 5.74) is 4.50. The molecule has 2 aliphatic rings. The molecule has 180 valence electrons. The van der Waals surface area contributed by atoms with Gasteiger partial charge in [-0.05, 0) is 49.2 Å². The first-order valence-electron chi connectivity index (χ1n) is 11.6. The molecular weight excluding hydrogens is 434 g/mol. The van der Waals surface area contributed by atoms with E-state index in [-0.39, 0.29) is 19.1 Å². The first-order chi connectivity index (χ1) is 16.3. The van der Waals surface area contributed by atoms with E-state index in [1.807, 2.05) is 36.4 Å². The number of hydrogen-bond donors (Lipinski definition) is 3. The number of carboxylic acid groups (broad SMARTS) is 1. The van der Waals surface area contributed by atoms with Crippen molar-refractivity contribution >= 4 is 18.0 Å². The smallest absolute Gasteiger partial charge is 0.407 e. The lowest BCUT2D eigenvalue weighted by atomic mass is 9.98. The second kappa shape index (κ2) is 10.3. The number of ether oxygens (including phenoxy) is 1. The quantitative estimate of drug-likeness (QED) is 0.553. The predicted molar refractivity (Wildman–Crippen MR) is 127 cm³/mol. The first kappa shape index (κ1) is 23.8. The Bertz CT molecular complexity index is 1020. The van der Waals surface area contributed by atoms with Gasteiger partial charge in [0.1, 0.15) is 12.6 Å². The topological polar surface area (TPSA) is 108 Å². The molecule has 1 saturated carbocycles. The molecule has 0 spiro atoms. The Hall–Kier alpha value is -3.39. The number of nitrogens with one attached hydrogen (secondary N) is 2. The van der Waals surface area contributed by atoms with Crippen molar-refractivity contribution < 1.29 is 24.2 Å². The van der Waals surface area contributed by atoms with Crippen LogP contribution in [-0.2, 0) is 14.3 Å². The number of amides is 2. The molecule has 8 heteroatoms. The van der Waals surface area contributed by atoms with Crippen molar-refractivity contribution in [2.24, 2.45) is 5.92 Å². The van der Waals surface area contributed by atoms with Crippen molar-refractivity contribution in [3.05, 3.63) is 59.7 Å². The Morgan fingerprint density at radius 2 is 1.65 bits per heavy atom. The van der Waals surface area contributed by atoms with Crippen molar-refractivity contribution in [2.75, 3.05) is 27.2 Å². The van der Waals surface area contributed by atoms with E-state index in [0.29, 0.717) is 12.8 Å². The minimum Gasteiger partial charge on any atom is -0.481 e. The molecule has 0 saturated heterocycles. The average molecular weight is 466 g/mol. The summed E-state index contributed by atoms with van der Waals surface area (Å²) in [6.07, 6.45) is 1.23. The highest BCUT2D eigenvalue weighted by Crippen LogP contribution is 2.44. The van der Waals surface area contributed by atoms with Gasteiger partial charge in [0, 0.05) is 18.5 Å². The van der Waals surface area contributed by atoms with Crippen molar-refractivity contribution in [3.8, 4) is 11.1 Å². The van der Waals surface area contributed by atoms with E-state index in [4.69, 9.17) is 4.74 Å². The number of carbonyl (C=O) groups is 3. The maximum atomic E-state index is 12.9. The van der Waals surface area contributed by atoms with Crippen molar-refractivity contribution in [1.29, 1.82) is 0 Å². The summed E-state index contributed by atoms with van der Waals surface area (Å²) in [5, 5.41) is 14.9. The number of hydrogen-bond acceptors (Lipinski definition) is 5. The van der Waals surface area contributed by atoms with E-state index in [0.717, 1.165) is 28.7 Å². The maximum Gasteiger partial charge on any atom is 0.407 e. The van der Waals surface area contributed by atoms with Gasteiger partial charge in [-0.2, -0.15) is 0 Å². The van der Waals surface area contributed by atoms with Crippen LogP contribution in [-0.4, -0.2) is 67.3 Å². The zero-order chi connectivity index (χ0) is 24.2. The van der Waals surface area contributed by atoms with Gasteiger partial charge in [-0.3, -0.25) is 9.59 Å². The highest BCUT2D eigenvalue weighted by atomic mass is 16.5. The number of carboxylic acids is 1. The van der Waals surface area contributed by atoms with Gasteiger partial charge in [0.15, 0.2) is 0 Å². The van der Waals surface area contributed by atoms with Gasteiger partial charge < -0.3 is 25.4 Å². The van der Waals surface area contributed by atoms with Crippen LogP contribution in [0.4, 0.5) is 4.79 Å². The monoisotopic (exact) mass is 465 g/mol. The van der Waals surface area contributed by atoms with Gasteiger partial charge in [0.05, 0.1) is 5.92 Å². The lowest BCUT2D eigenvalue weighted by Gasteiger charge is -2.25. The van der Waals surface area contributed by atoms with E-state index in [9.17, 15) is 19.5 Å². The van der Waals surface area contributed by atoms with Crippen LogP contribution >= 0.6 is 0 Å². The fourth-order valence-electron chi connectivity index (χ4n) is 5.05. The van der Waals surface area contributed by atoms with E-state index < -0.39 is 36.0 Å². The predicted octanol–water partition coefficient (Wildman–Crippen LogP) is 2.82. The van der Waals surface area contributed by atoms with Crippen LogP contribution in [0.3, 0.4) is 0 Å².